The highest BCUT2D eigenvalue weighted by atomic mass is 16.3. The summed E-state index contributed by atoms with van der Waals surface area (Å²) in [7, 11) is 0. The van der Waals surface area contributed by atoms with Crippen LogP contribution in [0.15, 0.2) is 42.6 Å². The van der Waals surface area contributed by atoms with Gasteiger partial charge in [-0.2, -0.15) is 5.26 Å². The molecule has 0 aliphatic rings. The Morgan fingerprint density at radius 2 is 2.00 bits per heavy atom. The zero-order valence-corrected chi connectivity index (χ0v) is 9.67. The number of benzene rings is 1. The summed E-state index contributed by atoms with van der Waals surface area (Å²) >= 11 is 0. The molecular formula is C14H14N2O. The van der Waals surface area contributed by atoms with Crippen molar-refractivity contribution < 1.29 is 5.11 Å². The summed E-state index contributed by atoms with van der Waals surface area (Å²) in [5.41, 5.74) is 2.67. The highest BCUT2D eigenvalue weighted by Gasteiger charge is 2.06. The highest BCUT2D eigenvalue weighted by molar-refractivity contribution is 5.32. The van der Waals surface area contributed by atoms with E-state index < -0.39 is 6.10 Å². The quantitative estimate of drug-likeness (QED) is 0.874. The van der Waals surface area contributed by atoms with Gasteiger partial charge >= 0.3 is 0 Å². The van der Waals surface area contributed by atoms with Crippen LogP contribution in [0.25, 0.3) is 0 Å². The molecule has 0 fully saturated rings. The summed E-state index contributed by atoms with van der Waals surface area (Å²) in [6, 6.07) is 13.4. The van der Waals surface area contributed by atoms with Crippen molar-refractivity contribution in [3.05, 3.63) is 59.4 Å². The fourth-order valence-corrected chi connectivity index (χ4v) is 1.83. The van der Waals surface area contributed by atoms with Crippen molar-refractivity contribution in [1.29, 1.82) is 5.26 Å². The maximum atomic E-state index is 9.59. The van der Waals surface area contributed by atoms with Crippen LogP contribution in [0.1, 0.15) is 29.8 Å². The molecule has 0 aliphatic carbocycles. The van der Waals surface area contributed by atoms with Gasteiger partial charge in [-0.15, -0.1) is 0 Å². The van der Waals surface area contributed by atoms with E-state index in [2.05, 4.69) is 6.07 Å². The van der Waals surface area contributed by atoms with E-state index in [1.165, 1.54) is 0 Å². The first kappa shape index (κ1) is 11.4. The van der Waals surface area contributed by atoms with Gasteiger partial charge in [-0.1, -0.05) is 12.1 Å². The van der Waals surface area contributed by atoms with Crippen molar-refractivity contribution >= 4 is 0 Å². The van der Waals surface area contributed by atoms with Crippen LogP contribution in [0.5, 0.6) is 0 Å². The number of aliphatic hydroxyl groups excluding tert-OH is 1. The summed E-state index contributed by atoms with van der Waals surface area (Å²) in [5, 5.41) is 18.3. The Labute approximate surface area is 101 Å². The second kappa shape index (κ2) is 4.86. The zero-order valence-electron chi connectivity index (χ0n) is 9.67. The summed E-state index contributed by atoms with van der Waals surface area (Å²) in [6.45, 7) is 2.46. The molecule has 0 saturated heterocycles. The average Bonchev–Trinajstić information content (AvgIpc) is 2.78. The molecule has 0 radical (unpaired) electrons. The molecule has 0 amide bonds. The molecule has 0 spiro atoms. The predicted molar refractivity (Wildman–Crippen MR) is 65.3 cm³/mol. The maximum Gasteiger partial charge on any atom is 0.0991 e. The fourth-order valence-electron chi connectivity index (χ4n) is 1.83. The third-order valence-corrected chi connectivity index (χ3v) is 2.73. The van der Waals surface area contributed by atoms with Gasteiger partial charge in [-0.3, -0.25) is 0 Å². The van der Waals surface area contributed by atoms with Crippen LogP contribution >= 0.6 is 0 Å². The second-order valence-corrected chi connectivity index (χ2v) is 4.05. The number of nitriles is 1. The summed E-state index contributed by atoms with van der Waals surface area (Å²) in [6.07, 6.45) is 1.48. The van der Waals surface area contributed by atoms with E-state index in [-0.39, 0.29) is 0 Å². The number of rotatable bonds is 3. The highest BCUT2D eigenvalue weighted by Crippen LogP contribution is 2.15. The van der Waals surface area contributed by atoms with Gasteiger partial charge in [0.05, 0.1) is 17.7 Å². The Kier molecular flexibility index (Phi) is 3.27. The Morgan fingerprint density at radius 1 is 1.29 bits per heavy atom. The van der Waals surface area contributed by atoms with Gasteiger partial charge in [0, 0.05) is 18.4 Å². The minimum absolute atomic E-state index is 0.469. The molecule has 1 unspecified atom stereocenters. The zero-order chi connectivity index (χ0) is 12.3. The largest absolute Gasteiger partial charge is 0.387 e. The molecule has 17 heavy (non-hydrogen) atoms. The van der Waals surface area contributed by atoms with Crippen molar-refractivity contribution in [2.24, 2.45) is 0 Å². The average molecular weight is 226 g/mol. The van der Waals surface area contributed by atoms with E-state index in [0.29, 0.717) is 12.1 Å². The van der Waals surface area contributed by atoms with Crippen LogP contribution in [-0.4, -0.2) is 9.67 Å². The first-order chi connectivity index (χ1) is 8.20. The Morgan fingerprint density at radius 3 is 2.59 bits per heavy atom. The molecule has 1 aromatic heterocycles. The van der Waals surface area contributed by atoms with Crippen molar-refractivity contribution in [3.63, 3.8) is 0 Å². The van der Waals surface area contributed by atoms with Crippen LogP contribution in [0.2, 0.25) is 0 Å². The maximum absolute atomic E-state index is 9.59. The lowest BCUT2D eigenvalue weighted by Gasteiger charge is -2.11. The normalized spacial score (nSPS) is 12.1. The molecule has 0 bridgehead atoms. The molecule has 1 atom stereocenters. The minimum Gasteiger partial charge on any atom is -0.387 e. The van der Waals surface area contributed by atoms with Crippen LogP contribution < -0.4 is 0 Å². The summed E-state index contributed by atoms with van der Waals surface area (Å²) in [5.74, 6) is 0. The molecular weight excluding hydrogens is 212 g/mol. The van der Waals surface area contributed by atoms with Crippen LogP contribution in [-0.2, 0) is 6.54 Å². The molecule has 0 saturated carbocycles. The van der Waals surface area contributed by atoms with Gasteiger partial charge in [-0.05, 0) is 36.8 Å². The van der Waals surface area contributed by atoms with E-state index >= 15 is 0 Å². The van der Waals surface area contributed by atoms with Crippen molar-refractivity contribution in [2.45, 2.75) is 19.6 Å². The third-order valence-electron chi connectivity index (χ3n) is 2.73. The number of aromatic nitrogens is 1. The monoisotopic (exact) mass is 226 g/mol. The molecule has 1 heterocycles. The second-order valence-electron chi connectivity index (χ2n) is 4.05. The van der Waals surface area contributed by atoms with E-state index in [1.54, 1.807) is 19.1 Å². The SMILES string of the molecule is CC(O)c1cccn1Cc1ccc(C#N)cc1. The van der Waals surface area contributed by atoms with E-state index in [0.717, 1.165) is 11.3 Å². The van der Waals surface area contributed by atoms with Crippen LogP contribution in [0.4, 0.5) is 0 Å². The molecule has 1 aromatic carbocycles. The minimum atomic E-state index is -0.469. The van der Waals surface area contributed by atoms with Crippen molar-refractivity contribution in [1.82, 2.24) is 4.57 Å². The number of aliphatic hydroxyl groups is 1. The lowest BCUT2D eigenvalue weighted by atomic mass is 10.1. The molecule has 2 rings (SSSR count). The van der Waals surface area contributed by atoms with Gasteiger partial charge in [0.2, 0.25) is 0 Å². The third kappa shape index (κ3) is 2.55. The fraction of sp³-hybridized carbons (Fsp3) is 0.214. The summed E-state index contributed by atoms with van der Waals surface area (Å²) < 4.78 is 2.01. The predicted octanol–water partition coefficient (Wildman–Crippen LogP) is 2.46. The Balaban J connectivity index is 2.20. The first-order valence-electron chi connectivity index (χ1n) is 5.53. The molecule has 3 nitrogen and oxygen atoms in total. The van der Waals surface area contributed by atoms with Crippen LogP contribution in [0, 0.1) is 11.3 Å². The lowest BCUT2D eigenvalue weighted by Crippen LogP contribution is -2.05. The topological polar surface area (TPSA) is 49.0 Å². The van der Waals surface area contributed by atoms with E-state index in [4.69, 9.17) is 5.26 Å². The van der Waals surface area contributed by atoms with Crippen molar-refractivity contribution in [3.8, 4) is 6.07 Å². The van der Waals surface area contributed by atoms with Gasteiger partial charge in [-0.25, -0.2) is 0 Å². The van der Waals surface area contributed by atoms with Gasteiger partial charge in [0.25, 0.3) is 0 Å². The number of hydrogen-bond donors (Lipinski definition) is 1. The standard InChI is InChI=1S/C14H14N2O/c1-11(17)14-3-2-8-16(14)10-13-6-4-12(9-15)5-7-13/h2-8,11,17H,10H2,1H3. The molecule has 1 N–H and O–H groups in total. The molecule has 2 aromatic rings. The Hall–Kier alpha value is -2.05. The van der Waals surface area contributed by atoms with E-state index in [9.17, 15) is 5.11 Å². The van der Waals surface area contributed by atoms with E-state index in [1.807, 2.05) is 35.0 Å². The van der Waals surface area contributed by atoms with Gasteiger partial charge < -0.3 is 9.67 Å². The smallest absolute Gasteiger partial charge is 0.0991 e. The Bertz CT molecular complexity index is 532. The molecule has 3 heteroatoms. The lowest BCUT2D eigenvalue weighted by molar-refractivity contribution is 0.190. The van der Waals surface area contributed by atoms with Crippen molar-refractivity contribution in [2.75, 3.05) is 0 Å². The number of nitrogens with zero attached hydrogens (tertiary/aromatic N) is 2. The molecule has 0 aliphatic heterocycles. The molecule has 86 valence electrons. The van der Waals surface area contributed by atoms with Gasteiger partial charge in [0.15, 0.2) is 0 Å². The number of hydrogen-bond acceptors (Lipinski definition) is 2. The first-order valence-corrected chi connectivity index (χ1v) is 5.53. The van der Waals surface area contributed by atoms with Crippen LogP contribution in [0.3, 0.4) is 0 Å². The van der Waals surface area contributed by atoms with Gasteiger partial charge in [0.1, 0.15) is 0 Å². The summed E-state index contributed by atoms with van der Waals surface area (Å²) in [4.78, 5) is 0.